The number of aliphatic hydroxyl groups excluding tert-OH is 1. The number of hydrogen-bond donors (Lipinski definition) is 2. The van der Waals surface area contributed by atoms with E-state index in [1.54, 1.807) is 12.0 Å². The zero-order chi connectivity index (χ0) is 14.7. The van der Waals surface area contributed by atoms with Gasteiger partial charge in [0.2, 0.25) is 0 Å². The Balaban J connectivity index is 3.02. The Morgan fingerprint density at radius 2 is 2.16 bits per heavy atom. The highest BCUT2D eigenvalue weighted by Crippen LogP contribution is 2.26. The van der Waals surface area contributed by atoms with E-state index in [-0.39, 0.29) is 0 Å². The molecule has 1 heterocycles. The van der Waals surface area contributed by atoms with Crippen LogP contribution in [0.3, 0.4) is 0 Å². The first-order valence-corrected chi connectivity index (χ1v) is 6.77. The van der Waals surface area contributed by atoms with Crippen LogP contribution in [-0.2, 0) is 14.4 Å². The van der Waals surface area contributed by atoms with Gasteiger partial charge in [0, 0.05) is 19.6 Å². The zero-order valence-corrected chi connectivity index (χ0v) is 12.5. The van der Waals surface area contributed by atoms with E-state index in [9.17, 15) is 9.90 Å². The third-order valence-electron chi connectivity index (χ3n) is 3.06. The maximum atomic E-state index is 12.5. The number of carbonyl (C=O) groups is 1. The van der Waals surface area contributed by atoms with Crippen molar-refractivity contribution in [3.05, 3.63) is 0 Å². The van der Waals surface area contributed by atoms with Crippen LogP contribution in [-0.4, -0.2) is 59.6 Å². The summed E-state index contributed by atoms with van der Waals surface area (Å²) in [4.78, 5) is 18.0. The molecule has 0 amide bonds. The monoisotopic (exact) mass is 274 g/mol. The van der Waals surface area contributed by atoms with Gasteiger partial charge < -0.3 is 15.2 Å². The standard InChI is InChI=1S/C13H26N2O4/c1-6-18-15-8-7-14-9-13(15,10(2)16)11(17)19-12(3,4)5/h10,14,16H,6-9H2,1-5H3. The molecule has 0 spiro atoms. The first-order valence-electron chi connectivity index (χ1n) is 6.77. The predicted molar refractivity (Wildman–Crippen MR) is 71.5 cm³/mol. The number of hydroxylamine groups is 2. The number of ether oxygens (including phenoxy) is 1. The molecule has 6 heteroatoms. The number of piperazine rings is 1. The SMILES string of the molecule is CCON1CCNCC1(C(=O)OC(C)(C)C)C(C)O. The Bertz CT molecular complexity index is 312. The van der Waals surface area contributed by atoms with Crippen LogP contribution in [0.1, 0.15) is 34.6 Å². The lowest BCUT2D eigenvalue weighted by atomic mass is 9.90. The van der Waals surface area contributed by atoms with E-state index in [1.165, 1.54) is 0 Å². The lowest BCUT2D eigenvalue weighted by Crippen LogP contribution is -2.71. The van der Waals surface area contributed by atoms with E-state index < -0.39 is 23.2 Å². The highest BCUT2D eigenvalue weighted by Gasteiger charge is 2.53. The van der Waals surface area contributed by atoms with Gasteiger partial charge in [-0.15, -0.1) is 0 Å². The number of carbonyl (C=O) groups excluding carboxylic acids is 1. The summed E-state index contributed by atoms with van der Waals surface area (Å²) in [5.74, 6) is -0.462. The second kappa shape index (κ2) is 6.17. The second-order valence-electron chi connectivity index (χ2n) is 5.80. The van der Waals surface area contributed by atoms with E-state index in [4.69, 9.17) is 9.57 Å². The Morgan fingerprint density at radius 1 is 1.53 bits per heavy atom. The van der Waals surface area contributed by atoms with E-state index in [1.807, 2.05) is 27.7 Å². The average molecular weight is 274 g/mol. The van der Waals surface area contributed by atoms with Gasteiger partial charge in [-0.3, -0.25) is 4.84 Å². The molecule has 2 N–H and O–H groups in total. The summed E-state index contributed by atoms with van der Waals surface area (Å²) in [6.45, 7) is 10.8. The van der Waals surface area contributed by atoms with Gasteiger partial charge >= 0.3 is 5.97 Å². The summed E-state index contributed by atoms with van der Waals surface area (Å²) in [6.07, 6.45) is -0.901. The molecule has 0 saturated carbocycles. The van der Waals surface area contributed by atoms with Crippen LogP contribution in [0.2, 0.25) is 0 Å². The molecule has 1 rings (SSSR count). The maximum absolute atomic E-state index is 12.5. The minimum absolute atomic E-state index is 0.305. The Hall–Kier alpha value is -0.690. The fourth-order valence-corrected chi connectivity index (χ4v) is 2.15. The second-order valence-corrected chi connectivity index (χ2v) is 5.80. The maximum Gasteiger partial charge on any atom is 0.333 e. The van der Waals surface area contributed by atoms with Gasteiger partial charge in [-0.05, 0) is 34.6 Å². The van der Waals surface area contributed by atoms with Crippen LogP contribution in [0.5, 0.6) is 0 Å². The van der Waals surface area contributed by atoms with Crippen molar-refractivity contribution >= 4 is 5.97 Å². The largest absolute Gasteiger partial charge is 0.458 e. The fourth-order valence-electron chi connectivity index (χ4n) is 2.15. The number of hydrogen-bond acceptors (Lipinski definition) is 6. The molecule has 112 valence electrons. The van der Waals surface area contributed by atoms with Crippen LogP contribution < -0.4 is 5.32 Å². The minimum Gasteiger partial charge on any atom is -0.458 e. The topological polar surface area (TPSA) is 71.0 Å². The Morgan fingerprint density at radius 3 is 2.63 bits per heavy atom. The molecule has 19 heavy (non-hydrogen) atoms. The molecule has 0 bridgehead atoms. The molecular formula is C13H26N2O4. The summed E-state index contributed by atoms with van der Waals surface area (Å²) in [7, 11) is 0. The lowest BCUT2D eigenvalue weighted by Gasteiger charge is -2.46. The zero-order valence-electron chi connectivity index (χ0n) is 12.5. The van der Waals surface area contributed by atoms with Gasteiger partial charge in [0.1, 0.15) is 5.60 Å². The van der Waals surface area contributed by atoms with Gasteiger partial charge in [-0.2, -0.15) is 5.06 Å². The highest BCUT2D eigenvalue weighted by molar-refractivity contribution is 5.82. The number of nitrogens with zero attached hydrogens (tertiary/aromatic N) is 1. The molecule has 2 atom stereocenters. The molecule has 0 aromatic heterocycles. The van der Waals surface area contributed by atoms with Crippen LogP contribution in [0.4, 0.5) is 0 Å². The number of rotatable bonds is 4. The first-order chi connectivity index (χ1) is 8.74. The van der Waals surface area contributed by atoms with Gasteiger partial charge in [-0.1, -0.05) is 0 Å². The van der Waals surface area contributed by atoms with Gasteiger partial charge in [0.25, 0.3) is 0 Å². The van der Waals surface area contributed by atoms with Crippen molar-refractivity contribution in [1.82, 2.24) is 10.4 Å². The number of esters is 1. The third kappa shape index (κ3) is 3.66. The molecule has 1 aliphatic heterocycles. The minimum atomic E-state index is -1.19. The predicted octanol–water partition coefficient (Wildman–Crippen LogP) is 0.304. The van der Waals surface area contributed by atoms with Crippen molar-refractivity contribution in [1.29, 1.82) is 0 Å². The van der Waals surface area contributed by atoms with Crippen molar-refractivity contribution < 1.29 is 19.5 Å². The van der Waals surface area contributed by atoms with Gasteiger partial charge in [-0.25, -0.2) is 4.79 Å². The van der Waals surface area contributed by atoms with Crippen LogP contribution in [0.15, 0.2) is 0 Å². The molecule has 0 aliphatic carbocycles. The molecule has 2 unspecified atom stereocenters. The van der Waals surface area contributed by atoms with E-state index >= 15 is 0 Å². The molecule has 1 saturated heterocycles. The molecule has 1 fully saturated rings. The van der Waals surface area contributed by atoms with Crippen molar-refractivity contribution in [3.63, 3.8) is 0 Å². The lowest BCUT2D eigenvalue weighted by molar-refractivity contribution is -0.258. The third-order valence-corrected chi connectivity index (χ3v) is 3.06. The molecule has 0 aromatic carbocycles. The summed E-state index contributed by atoms with van der Waals surface area (Å²) < 4.78 is 5.46. The summed E-state index contributed by atoms with van der Waals surface area (Å²) in [5.41, 5.74) is -1.80. The van der Waals surface area contributed by atoms with E-state index in [2.05, 4.69) is 5.32 Å². The van der Waals surface area contributed by atoms with Gasteiger partial charge in [0.05, 0.1) is 12.7 Å². The highest BCUT2D eigenvalue weighted by atomic mass is 16.7. The van der Waals surface area contributed by atoms with Crippen LogP contribution >= 0.6 is 0 Å². The normalized spacial score (nSPS) is 27.1. The van der Waals surface area contributed by atoms with Crippen molar-refractivity contribution in [3.8, 4) is 0 Å². The molecule has 0 aromatic rings. The Labute approximate surface area is 115 Å². The van der Waals surface area contributed by atoms with Crippen LogP contribution in [0.25, 0.3) is 0 Å². The van der Waals surface area contributed by atoms with Crippen molar-refractivity contribution in [2.24, 2.45) is 0 Å². The molecule has 1 aliphatic rings. The number of nitrogens with one attached hydrogen (secondary N) is 1. The molecule has 0 radical (unpaired) electrons. The number of aliphatic hydroxyl groups is 1. The summed E-state index contributed by atoms with van der Waals surface area (Å²) in [6, 6.07) is 0. The van der Waals surface area contributed by atoms with Gasteiger partial charge in [0.15, 0.2) is 5.54 Å². The molecule has 6 nitrogen and oxygen atoms in total. The average Bonchev–Trinajstić information content (AvgIpc) is 2.27. The first kappa shape index (κ1) is 16.4. The summed E-state index contributed by atoms with van der Waals surface area (Å²) in [5, 5.41) is 14.8. The summed E-state index contributed by atoms with van der Waals surface area (Å²) >= 11 is 0. The van der Waals surface area contributed by atoms with Crippen molar-refractivity contribution in [2.75, 3.05) is 26.2 Å². The van der Waals surface area contributed by atoms with Crippen LogP contribution in [0, 0.1) is 0 Å². The molecular weight excluding hydrogens is 248 g/mol. The Kier molecular flexibility index (Phi) is 5.32. The van der Waals surface area contributed by atoms with Crippen molar-refractivity contribution in [2.45, 2.75) is 51.9 Å². The quantitative estimate of drug-likeness (QED) is 0.719. The van der Waals surface area contributed by atoms with E-state index in [0.717, 1.165) is 0 Å². The van der Waals surface area contributed by atoms with E-state index in [0.29, 0.717) is 26.2 Å². The smallest absolute Gasteiger partial charge is 0.333 e. The fraction of sp³-hybridized carbons (Fsp3) is 0.923.